The third-order valence-electron chi connectivity index (χ3n) is 4.87. The van der Waals surface area contributed by atoms with Crippen LogP contribution in [0.4, 0.5) is 4.39 Å². The molecule has 0 radical (unpaired) electrons. The summed E-state index contributed by atoms with van der Waals surface area (Å²) in [6.07, 6.45) is 0. The number of H-pyrrole nitrogens is 2. The maximum atomic E-state index is 13.2. The molecule has 0 atom stereocenters. The lowest BCUT2D eigenvalue weighted by atomic mass is 10.0. The molecule has 5 nitrogen and oxygen atoms in total. The van der Waals surface area contributed by atoms with Gasteiger partial charge in [0, 0.05) is 10.9 Å². The van der Waals surface area contributed by atoms with E-state index in [9.17, 15) is 9.18 Å². The van der Waals surface area contributed by atoms with Crippen LogP contribution in [-0.4, -0.2) is 15.0 Å². The van der Waals surface area contributed by atoms with Gasteiger partial charge in [-0.1, -0.05) is 18.2 Å². The zero-order chi connectivity index (χ0) is 20.0. The topological polar surface area (TPSA) is 85.3 Å². The van der Waals surface area contributed by atoms with Crippen LogP contribution >= 0.6 is 0 Å². The van der Waals surface area contributed by atoms with Crippen LogP contribution in [0.2, 0.25) is 0 Å². The smallest absolute Gasteiger partial charge is 0.276 e. The monoisotopic (exact) mass is 380 g/mol. The molecule has 2 aromatic heterocycles. The van der Waals surface area contributed by atoms with Crippen LogP contribution in [0.25, 0.3) is 44.5 Å². The van der Waals surface area contributed by atoms with Crippen LogP contribution in [-0.2, 0) is 0 Å². The van der Waals surface area contributed by atoms with E-state index in [-0.39, 0.29) is 17.1 Å². The van der Waals surface area contributed by atoms with E-state index < -0.39 is 0 Å². The van der Waals surface area contributed by atoms with Gasteiger partial charge in [-0.05, 0) is 59.7 Å². The Morgan fingerprint density at radius 1 is 0.862 bits per heavy atom. The number of fused-ring (bicyclic) bond motifs is 2. The molecule has 0 saturated heterocycles. The van der Waals surface area contributed by atoms with Gasteiger partial charge in [0.15, 0.2) is 5.69 Å². The van der Waals surface area contributed by atoms with E-state index in [2.05, 4.69) is 21.0 Å². The fraction of sp³-hybridized carbons (Fsp3) is 0. The van der Waals surface area contributed by atoms with Gasteiger partial charge in [0.1, 0.15) is 5.82 Å². The Labute approximate surface area is 164 Å². The first kappa shape index (κ1) is 16.9. The Bertz CT molecular complexity index is 1490. The molecule has 0 aliphatic rings. The quantitative estimate of drug-likeness (QED) is 0.463. The van der Waals surface area contributed by atoms with Crippen LogP contribution < -0.4 is 5.56 Å². The number of hydrogen-bond acceptors (Lipinski definition) is 3. The Hall–Kier alpha value is -4.24. The van der Waals surface area contributed by atoms with Crippen molar-refractivity contribution in [3.05, 3.63) is 88.5 Å². The molecule has 0 bridgehead atoms. The van der Waals surface area contributed by atoms with E-state index in [1.54, 1.807) is 24.3 Å². The van der Waals surface area contributed by atoms with Gasteiger partial charge in [-0.25, -0.2) is 9.37 Å². The summed E-state index contributed by atoms with van der Waals surface area (Å²) < 4.78 is 13.2. The lowest BCUT2D eigenvalue weighted by molar-refractivity contribution is 0.628. The van der Waals surface area contributed by atoms with Crippen molar-refractivity contribution in [1.29, 1.82) is 5.26 Å². The molecule has 138 valence electrons. The van der Waals surface area contributed by atoms with Crippen molar-refractivity contribution < 1.29 is 4.39 Å². The summed E-state index contributed by atoms with van der Waals surface area (Å²) in [6.45, 7) is 0. The summed E-state index contributed by atoms with van der Waals surface area (Å²) >= 11 is 0. The maximum absolute atomic E-state index is 13.2. The van der Waals surface area contributed by atoms with Crippen molar-refractivity contribution in [2.24, 2.45) is 0 Å². The first-order valence-corrected chi connectivity index (χ1v) is 8.94. The lowest BCUT2D eigenvalue weighted by Gasteiger charge is -2.05. The van der Waals surface area contributed by atoms with Crippen molar-refractivity contribution in [2.45, 2.75) is 0 Å². The third kappa shape index (κ3) is 2.95. The second-order valence-corrected chi connectivity index (χ2v) is 6.75. The number of aromatic amines is 2. The molecule has 0 unspecified atom stereocenters. The van der Waals surface area contributed by atoms with Crippen LogP contribution in [0, 0.1) is 17.1 Å². The number of halogens is 1. The third-order valence-corrected chi connectivity index (χ3v) is 4.87. The Kier molecular flexibility index (Phi) is 3.75. The summed E-state index contributed by atoms with van der Waals surface area (Å²) in [5, 5.41) is 9.90. The molecular weight excluding hydrogens is 367 g/mol. The first-order valence-electron chi connectivity index (χ1n) is 8.94. The molecule has 2 N–H and O–H groups in total. The molecule has 29 heavy (non-hydrogen) atoms. The van der Waals surface area contributed by atoms with Gasteiger partial charge in [0.2, 0.25) is 0 Å². The van der Waals surface area contributed by atoms with Gasteiger partial charge >= 0.3 is 0 Å². The van der Waals surface area contributed by atoms with Crippen molar-refractivity contribution in [3.8, 4) is 28.6 Å². The zero-order valence-corrected chi connectivity index (χ0v) is 15.0. The van der Waals surface area contributed by atoms with Crippen LogP contribution in [0.1, 0.15) is 5.56 Å². The van der Waals surface area contributed by atoms with E-state index in [1.807, 2.05) is 30.3 Å². The van der Waals surface area contributed by atoms with E-state index in [1.165, 1.54) is 12.1 Å². The first-order chi connectivity index (χ1) is 14.1. The number of rotatable bonds is 2. The molecule has 6 heteroatoms. The number of nitrogens with zero attached hydrogens (tertiary/aromatic N) is 2. The van der Waals surface area contributed by atoms with Crippen LogP contribution in [0.15, 0.2) is 71.5 Å². The Morgan fingerprint density at radius 2 is 1.66 bits per heavy atom. The van der Waals surface area contributed by atoms with E-state index in [0.717, 1.165) is 22.0 Å². The maximum Gasteiger partial charge on any atom is 0.276 e. The normalized spacial score (nSPS) is 11.0. The Balaban J connectivity index is 1.62. The Morgan fingerprint density at radius 3 is 2.45 bits per heavy atom. The second kappa shape index (κ2) is 6.43. The van der Waals surface area contributed by atoms with Crippen molar-refractivity contribution in [3.63, 3.8) is 0 Å². The summed E-state index contributed by atoms with van der Waals surface area (Å²) in [5.41, 5.74) is 4.87. The van der Waals surface area contributed by atoms with Gasteiger partial charge in [-0.2, -0.15) is 5.26 Å². The molecule has 0 amide bonds. The molecule has 3 aromatic carbocycles. The highest BCUT2D eigenvalue weighted by Crippen LogP contribution is 2.25. The van der Waals surface area contributed by atoms with Crippen molar-refractivity contribution in [2.75, 3.05) is 0 Å². The minimum absolute atomic E-state index is 0.279. The fourth-order valence-corrected chi connectivity index (χ4v) is 3.42. The second-order valence-electron chi connectivity index (χ2n) is 6.75. The zero-order valence-electron chi connectivity index (χ0n) is 15.0. The summed E-state index contributed by atoms with van der Waals surface area (Å²) in [5.74, 6) is -0.297. The molecule has 0 spiro atoms. The average molecular weight is 380 g/mol. The molecule has 0 aliphatic carbocycles. The number of aromatic nitrogens is 3. The van der Waals surface area contributed by atoms with Gasteiger partial charge in [0.05, 0.1) is 28.4 Å². The van der Waals surface area contributed by atoms with E-state index in [0.29, 0.717) is 22.3 Å². The van der Waals surface area contributed by atoms with E-state index >= 15 is 0 Å². The predicted molar refractivity (Wildman–Crippen MR) is 110 cm³/mol. The number of hydrogen-bond donors (Lipinski definition) is 2. The standard InChI is InChI=1S/C23H13FN4O/c24-17-5-2-14(3-6-17)15-4-8-19-20(10-15)28-23(29)22(27-19)21-11-16-9-13(12-25)1-7-18(16)26-21/h1-11,26H,(H,28,29). The molecular formula is C23H13FN4O. The lowest BCUT2D eigenvalue weighted by Crippen LogP contribution is -2.11. The summed E-state index contributed by atoms with van der Waals surface area (Å²) in [6, 6.07) is 20.9. The number of nitrogens with one attached hydrogen (secondary N) is 2. The molecule has 2 heterocycles. The molecule has 0 aliphatic heterocycles. The molecule has 5 rings (SSSR count). The average Bonchev–Trinajstić information content (AvgIpc) is 3.16. The van der Waals surface area contributed by atoms with Gasteiger partial charge in [-0.3, -0.25) is 4.79 Å². The minimum atomic E-state index is -0.319. The van der Waals surface area contributed by atoms with Crippen molar-refractivity contribution >= 4 is 21.9 Å². The predicted octanol–water partition coefficient (Wildman–Crippen LogP) is 4.75. The molecule has 0 saturated carbocycles. The SMILES string of the molecule is N#Cc1ccc2[nH]c(-c3nc4ccc(-c5ccc(F)cc5)cc4[nH]c3=O)cc2c1. The highest BCUT2D eigenvalue weighted by Gasteiger charge is 2.12. The highest BCUT2D eigenvalue weighted by atomic mass is 19.1. The van der Waals surface area contributed by atoms with Gasteiger partial charge in [0.25, 0.3) is 5.56 Å². The van der Waals surface area contributed by atoms with Crippen LogP contribution in [0.3, 0.4) is 0 Å². The number of nitriles is 1. The van der Waals surface area contributed by atoms with Crippen molar-refractivity contribution in [1.82, 2.24) is 15.0 Å². The highest BCUT2D eigenvalue weighted by molar-refractivity contribution is 5.88. The molecule has 5 aromatic rings. The fourth-order valence-electron chi connectivity index (χ4n) is 3.42. The largest absolute Gasteiger partial charge is 0.353 e. The van der Waals surface area contributed by atoms with Gasteiger partial charge < -0.3 is 9.97 Å². The summed E-state index contributed by atoms with van der Waals surface area (Å²) in [7, 11) is 0. The summed E-state index contributed by atoms with van der Waals surface area (Å²) in [4.78, 5) is 23.3. The van der Waals surface area contributed by atoms with E-state index in [4.69, 9.17) is 5.26 Å². The molecule has 0 fully saturated rings. The van der Waals surface area contributed by atoms with Gasteiger partial charge in [-0.15, -0.1) is 0 Å². The number of benzene rings is 3. The minimum Gasteiger partial charge on any atom is -0.353 e. The van der Waals surface area contributed by atoms with Crippen LogP contribution in [0.5, 0.6) is 0 Å².